The molecule has 0 aromatic heterocycles. The van der Waals surface area contributed by atoms with Crippen LogP contribution in [0, 0.1) is 5.92 Å². The molecule has 1 saturated carbocycles. The Bertz CT molecular complexity index is 174. The lowest BCUT2D eigenvalue weighted by Gasteiger charge is -2.26. The summed E-state index contributed by atoms with van der Waals surface area (Å²) in [6.45, 7) is 0.731. The first-order valence-corrected chi connectivity index (χ1v) is 5.50. The van der Waals surface area contributed by atoms with E-state index in [1.807, 2.05) is 0 Å². The molecule has 0 aromatic rings. The lowest BCUT2D eigenvalue weighted by Crippen LogP contribution is -2.32. The quantitative estimate of drug-likeness (QED) is 0.717. The minimum absolute atomic E-state index is 0.0338. The Balaban J connectivity index is 2.01. The molecular formula is C10H19F3N2. The molecule has 1 aliphatic carbocycles. The molecule has 1 aliphatic rings. The van der Waals surface area contributed by atoms with Gasteiger partial charge in [0, 0.05) is 12.6 Å². The topological polar surface area (TPSA) is 38.0 Å². The number of rotatable bonds is 4. The molecular weight excluding hydrogens is 205 g/mol. The van der Waals surface area contributed by atoms with Crippen molar-refractivity contribution in [2.24, 2.45) is 11.7 Å². The Hall–Kier alpha value is -0.290. The van der Waals surface area contributed by atoms with Gasteiger partial charge in [0.1, 0.15) is 0 Å². The van der Waals surface area contributed by atoms with Crippen LogP contribution in [0.15, 0.2) is 0 Å². The molecule has 3 N–H and O–H groups in total. The highest BCUT2D eigenvalue weighted by Crippen LogP contribution is 2.22. The molecule has 1 rings (SSSR count). The van der Waals surface area contributed by atoms with Gasteiger partial charge in [0.2, 0.25) is 0 Å². The van der Waals surface area contributed by atoms with E-state index in [-0.39, 0.29) is 6.54 Å². The van der Waals surface area contributed by atoms with Crippen LogP contribution in [0.5, 0.6) is 0 Å². The van der Waals surface area contributed by atoms with Gasteiger partial charge in [0.05, 0.1) is 6.42 Å². The normalized spacial score (nSPS) is 28.0. The summed E-state index contributed by atoms with van der Waals surface area (Å²) in [6.07, 6.45) is -0.682. The number of nitrogens with one attached hydrogen (secondary N) is 1. The van der Waals surface area contributed by atoms with Crippen LogP contribution in [-0.4, -0.2) is 25.3 Å². The van der Waals surface area contributed by atoms with E-state index in [1.54, 1.807) is 0 Å². The smallest absolute Gasteiger partial charge is 0.328 e. The second-order valence-corrected chi connectivity index (χ2v) is 4.35. The lowest BCUT2D eigenvalue weighted by molar-refractivity contribution is -0.133. The van der Waals surface area contributed by atoms with Crippen LogP contribution >= 0.6 is 0 Å². The van der Waals surface area contributed by atoms with Gasteiger partial charge < -0.3 is 11.1 Å². The van der Waals surface area contributed by atoms with Gasteiger partial charge in [0.25, 0.3) is 0 Å². The van der Waals surface area contributed by atoms with Crippen LogP contribution in [0.25, 0.3) is 0 Å². The number of hydrogen-bond acceptors (Lipinski definition) is 2. The number of hydrogen-bond donors (Lipinski definition) is 2. The van der Waals surface area contributed by atoms with Crippen LogP contribution in [0.1, 0.15) is 32.1 Å². The minimum atomic E-state index is -4.04. The molecule has 0 spiro atoms. The molecule has 0 atom stereocenters. The fourth-order valence-corrected chi connectivity index (χ4v) is 1.93. The van der Waals surface area contributed by atoms with Gasteiger partial charge in [-0.3, -0.25) is 0 Å². The van der Waals surface area contributed by atoms with Crippen molar-refractivity contribution >= 4 is 0 Å². The Morgan fingerprint density at radius 3 is 2.27 bits per heavy atom. The molecule has 0 heterocycles. The van der Waals surface area contributed by atoms with Crippen LogP contribution in [-0.2, 0) is 0 Å². The second-order valence-electron chi connectivity index (χ2n) is 4.35. The third kappa shape index (κ3) is 5.99. The van der Waals surface area contributed by atoms with Gasteiger partial charge in [0.15, 0.2) is 0 Å². The third-order valence-corrected chi connectivity index (χ3v) is 2.91. The molecule has 0 radical (unpaired) electrons. The fourth-order valence-electron chi connectivity index (χ4n) is 1.93. The summed E-state index contributed by atoms with van der Waals surface area (Å²) < 4.78 is 35.4. The summed E-state index contributed by atoms with van der Waals surface area (Å²) in [6, 6.07) is 0.302. The van der Waals surface area contributed by atoms with Gasteiger partial charge in [-0.1, -0.05) is 0 Å². The molecule has 15 heavy (non-hydrogen) atoms. The molecule has 0 aromatic carbocycles. The van der Waals surface area contributed by atoms with Crippen LogP contribution in [0.2, 0.25) is 0 Å². The standard InChI is InChI=1S/C10H19F3N2/c11-10(12,13)5-6-15-7-8-1-3-9(14)4-2-8/h8-9,15H,1-7,14H2. The maximum atomic E-state index is 11.8. The largest absolute Gasteiger partial charge is 0.390 e. The van der Waals surface area contributed by atoms with E-state index in [1.165, 1.54) is 0 Å². The zero-order valence-corrected chi connectivity index (χ0v) is 8.82. The Kier molecular flexibility index (Phi) is 4.86. The number of halogens is 3. The first kappa shape index (κ1) is 12.8. The molecule has 0 saturated heterocycles. The van der Waals surface area contributed by atoms with Crippen molar-refractivity contribution in [3.63, 3.8) is 0 Å². The van der Waals surface area contributed by atoms with E-state index in [2.05, 4.69) is 5.32 Å². The molecule has 0 bridgehead atoms. The molecule has 2 nitrogen and oxygen atoms in total. The highest BCUT2D eigenvalue weighted by atomic mass is 19.4. The maximum Gasteiger partial charge on any atom is 0.390 e. The van der Waals surface area contributed by atoms with Gasteiger partial charge in [-0.25, -0.2) is 0 Å². The van der Waals surface area contributed by atoms with Gasteiger partial charge in [-0.05, 0) is 38.1 Å². The first-order valence-electron chi connectivity index (χ1n) is 5.50. The number of nitrogens with two attached hydrogens (primary N) is 1. The monoisotopic (exact) mass is 224 g/mol. The first-order chi connectivity index (χ1) is 6.97. The van der Waals surface area contributed by atoms with Crippen molar-refractivity contribution in [1.82, 2.24) is 5.32 Å². The van der Waals surface area contributed by atoms with Crippen LogP contribution < -0.4 is 11.1 Å². The predicted molar refractivity (Wildman–Crippen MR) is 53.5 cm³/mol. The lowest BCUT2D eigenvalue weighted by atomic mass is 9.86. The van der Waals surface area contributed by atoms with Gasteiger partial charge in [-0.15, -0.1) is 0 Å². The molecule has 1 fully saturated rings. The summed E-state index contributed by atoms with van der Waals surface area (Å²) in [4.78, 5) is 0. The highest BCUT2D eigenvalue weighted by Gasteiger charge is 2.26. The number of alkyl halides is 3. The molecule has 0 amide bonds. The summed E-state index contributed by atoms with van der Waals surface area (Å²) in [5.41, 5.74) is 5.74. The third-order valence-electron chi connectivity index (χ3n) is 2.91. The predicted octanol–water partition coefficient (Wildman–Crippen LogP) is 2.05. The Morgan fingerprint density at radius 2 is 1.73 bits per heavy atom. The SMILES string of the molecule is NC1CCC(CNCCC(F)(F)F)CC1. The van der Waals surface area contributed by atoms with Crippen molar-refractivity contribution < 1.29 is 13.2 Å². The highest BCUT2D eigenvalue weighted by molar-refractivity contribution is 4.75. The van der Waals surface area contributed by atoms with E-state index in [0.717, 1.165) is 25.7 Å². The zero-order chi connectivity index (χ0) is 11.3. The Labute approximate surface area is 88.4 Å². The van der Waals surface area contributed by atoms with Crippen molar-refractivity contribution in [1.29, 1.82) is 0 Å². The summed E-state index contributed by atoms with van der Waals surface area (Å²) in [5.74, 6) is 0.512. The average Bonchev–Trinajstić information content (AvgIpc) is 2.14. The van der Waals surface area contributed by atoms with E-state index in [0.29, 0.717) is 18.5 Å². The van der Waals surface area contributed by atoms with Gasteiger partial charge in [-0.2, -0.15) is 13.2 Å². The van der Waals surface area contributed by atoms with Crippen molar-refractivity contribution in [2.45, 2.75) is 44.3 Å². The summed E-state index contributed by atoms with van der Waals surface area (Å²) in [7, 11) is 0. The van der Waals surface area contributed by atoms with Crippen molar-refractivity contribution in [3.8, 4) is 0 Å². The second kappa shape index (κ2) is 5.70. The van der Waals surface area contributed by atoms with E-state index < -0.39 is 12.6 Å². The van der Waals surface area contributed by atoms with Crippen LogP contribution in [0.3, 0.4) is 0 Å². The van der Waals surface area contributed by atoms with E-state index in [4.69, 9.17) is 5.73 Å². The molecule has 0 aliphatic heterocycles. The molecule has 5 heteroatoms. The zero-order valence-electron chi connectivity index (χ0n) is 8.82. The Morgan fingerprint density at radius 1 is 1.13 bits per heavy atom. The average molecular weight is 224 g/mol. The van der Waals surface area contributed by atoms with Gasteiger partial charge >= 0.3 is 6.18 Å². The molecule has 90 valence electrons. The van der Waals surface area contributed by atoms with E-state index in [9.17, 15) is 13.2 Å². The minimum Gasteiger partial charge on any atom is -0.328 e. The van der Waals surface area contributed by atoms with E-state index >= 15 is 0 Å². The molecule has 0 unspecified atom stereocenters. The fraction of sp³-hybridized carbons (Fsp3) is 1.00. The summed E-state index contributed by atoms with van der Waals surface area (Å²) >= 11 is 0. The van der Waals surface area contributed by atoms with Crippen LogP contribution in [0.4, 0.5) is 13.2 Å². The summed E-state index contributed by atoms with van der Waals surface area (Å²) in [5, 5.41) is 2.87. The van der Waals surface area contributed by atoms with Crippen molar-refractivity contribution in [3.05, 3.63) is 0 Å². The van der Waals surface area contributed by atoms with Crippen molar-refractivity contribution in [2.75, 3.05) is 13.1 Å². The maximum absolute atomic E-state index is 11.8.